The molecule has 2 unspecified atom stereocenters. The monoisotopic (exact) mass is 201 g/mol. The van der Waals surface area contributed by atoms with Gasteiger partial charge in [-0.25, -0.2) is 0 Å². The number of hydrogen-bond donors (Lipinski definition) is 1. The number of amides is 1. The predicted molar refractivity (Wildman–Crippen MR) is 58.7 cm³/mol. The van der Waals surface area contributed by atoms with Crippen LogP contribution in [0.5, 0.6) is 0 Å². The minimum atomic E-state index is 0.287. The van der Waals surface area contributed by atoms with Gasteiger partial charge in [-0.1, -0.05) is 24.3 Å². The third-order valence-electron chi connectivity index (χ3n) is 3.97. The molecule has 0 saturated heterocycles. The van der Waals surface area contributed by atoms with Crippen LogP contribution < -0.4 is 5.32 Å². The van der Waals surface area contributed by atoms with Crippen molar-refractivity contribution < 1.29 is 4.79 Å². The fourth-order valence-electron chi connectivity index (χ4n) is 3.13. The molecule has 0 aliphatic heterocycles. The van der Waals surface area contributed by atoms with Gasteiger partial charge in [0.2, 0.25) is 6.41 Å². The Balaban J connectivity index is 1.98. The molecule has 1 fully saturated rings. The standard InChI is InChI=1S/C13H15NO/c15-9-14-12-8-13(12)7-3-5-10-4-1-2-6-11(10)13/h1-2,4,6,9,12H,3,5,7-8H2,(H,14,15). The summed E-state index contributed by atoms with van der Waals surface area (Å²) in [5.41, 5.74) is 3.25. The molecule has 0 radical (unpaired) electrons. The van der Waals surface area contributed by atoms with Crippen LogP contribution in [0.25, 0.3) is 0 Å². The van der Waals surface area contributed by atoms with Gasteiger partial charge < -0.3 is 5.32 Å². The molecule has 1 aromatic rings. The summed E-state index contributed by atoms with van der Waals surface area (Å²) in [5.74, 6) is 0. The summed E-state index contributed by atoms with van der Waals surface area (Å²) < 4.78 is 0. The third kappa shape index (κ3) is 1.21. The molecule has 15 heavy (non-hydrogen) atoms. The number of rotatable bonds is 2. The Morgan fingerprint density at radius 2 is 2.27 bits per heavy atom. The van der Waals surface area contributed by atoms with Crippen LogP contribution in [0.2, 0.25) is 0 Å². The van der Waals surface area contributed by atoms with Crippen LogP contribution in [0.3, 0.4) is 0 Å². The van der Waals surface area contributed by atoms with Crippen molar-refractivity contribution in [2.24, 2.45) is 0 Å². The van der Waals surface area contributed by atoms with Crippen LogP contribution in [-0.4, -0.2) is 12.5 Å². The van der Waals surface area contributed by atoms with Crippen molar-refractivity contribution in [1.82, 2.24) is 5.32 Å². The van der Waals surface area contributed by atoms with Gasteiger partial charge >= 0.3 is 0 Å². The van der Waals surface area contributed by atoms with Crippen LogP contribution in [-0.2, 0) is 16.6 Å². The third-order valence-corrected chi connectivity index (χ3v) is 3.97. The number of hydrogen-bond acceptors (Lipinski definition) is 1. The summed E-state index contributed by atoms with van der Waals surface area (Å²) >= 11 is 0. The molecule has 1 N–H and O–H groups in total. The molecule has 0 aromatic heterocycles. The Morgan fingerprint density at radius 3 is 3.13 bits per heavy atom. The molecule has 1 saturated carbocycles. The van der Waals surface area contributed by atoms with E-state index in [9.17, 15) is 4.79 Å². The van der Waals surface area contributed by atoms with E-state index in [1.165, 1.54) is 30.4 Å². The molecule has 2 heteroatoms. The van der Waals surface area contributed by atoms with E-state index in [0.717, 1.165) is 12.8 Å². The number of nitrogens with one attached hydrogen (secondary N) is 1. The lowest BCUT2D eigenvalue weighted by Crippen LogP contribution is -2.27. The van der Waals surface area contributed by atoms with Crippen LogP contribution >= 0.6 is 0 Å². The Morgan fingerprint density at radius 1 is 1.40 bits per heavy atom. The predicted octanol–water partition coefficient (Wildman–Crippen LogP) is 1.78. The zero-order chi connectivity index (χ0) is 10.3. The minimum Gasteiger partial charge on any atom is -0.355 e. The first kappa shape index (κ1) is 8.96. The van der Waals surface area contributed by atoms with Gasteiger partial charge in [-0.3, -0.25) is 4.79 Å². The summed E-state index contributed by atoms with van der Waals surface area (Å²) in [6.45, 7) is 0. The van der Waals surface area contributed by atoms with Crippen molar-refractivity contribution in [3.8, 4) is 0 Å². The molecule has 1 spiro atoms. The second kappa shape index (κ2) is 3.09. The van der Waals surface area contributed by atoms with E-state index in [1.54, 1.807) is 0 Å². The lowest BCUT2D eigenvalue weighted by molar-refractivity contribution is -0.109. The van der Waals surface area contributed by atoms with E-state index in [4.69, 9.17) is 0 Å². The fraction of sp³-hybridized carbons (Fsp3) is 0.462. The molecule has 1 amide bonds. The largest absolute Gasteiger partial charge is 0.355 e. The maximum Gasteiger partial charge on any atom is 0.207 e. The first-order valence-electron chi connectivity index (χ1n) is 5.65. The zero-order valence-electron chi connectivity index (χ0n) is 8.70. The second-order valence-electron chi connectivity index (χ2n) is 4.71. The maximum absolute atomic E-state index is 10.5. The van der Waals surface area contributed by atoms with E-state index in [-0.39, 0.29) is 5.41 Å². The Bertz CT molecular complexity index is 401. The first-order chi connectivity index (χ1) is 7.37. The minimum absolute atomic E-state index is 0.287. The van der Waals surface area contributed by atoms with Gasteiger partial charge in [0.1, 0.15) is 0 Å². The van der Waals surface area contributed by atoms with Crippen LogP contribution in [0, 0.1) is 0 Å². The Hall–Kier alpha value is -1.31. The highest BCUT2D eigenvalue weighted by molar-refractivity contribution is 5.53. The Labute approximate surface area is 89.7 Å². The normalized spacial score (nSPS) is 32.1. The molecule has 78 valence electrons. The number of fused-ring (bicyclic) bond motifs is 2. The molecule has 0 heterocycles. The van der Waals surface area contributed by atoms with E-state index >= 15 is 0 Å². The van der Waals surface area contributed by atoms with Crippen molar-refractivity contribution in [2.45, 2.75) is 37.1 Å². The molecular weight excluding hydrogens is 186 g/mol. The lowest BCUT2D eigenvalue weighted by Gasteiger charge is -2.26. The van der Waals surface area contributed by atoms with Crippen LogP contribution in [0.15, 0.2) is 24.3 Å². The van der Waals surface area contributed by atoms with Gasteiger partial charge in [0.25, 0.3) is 0 Å². The summed E-state index contributed by atoms with van der Waals surface area (Å²) in [6, 6.07) is 9.08. The lowest BCUT2D eigenvalue weighted by atomic mass is 9.79. The van der Waals surface area contributed by atoms with Crippen molar-refractivity contribution >= 4 is 6.41 Å². The molecule has 3 rings (SSSR count). The molecule has 0 bridgehead atoms. The molecular formula is C13H15NO. The smallest absolute Gasteiger partial charge is 0.207 e. The van der Waals surface area contributed by atoms with Gasteiger partial charge in [0.15, 0.2) is 0 Å². The average Bonchev–Trinajstić information content (AvgIpc) is 2.94. The summed E-state index contributed by atoms with van der Waals surface area (Å²) in [7, 11) is 0. The van der Waals surface area contributed by atoms with Gasteiger partial charge in [-0.15, -0.1) is 0 Å². The van der Waals surface area contributed by atoms with Crippen molar-refractivity contribution in [1.29, 1.82) is 0 Å². The van der Waals surface area contributed by atoms with E-state index in [2.05, 4.69) is 29.6 Å². The highest BCUT2D eigenvalue weighted by Gasteiger charge is 2.56. The molecule has 2 nitrogen and oxygen atoms in total. The van der Waals surface area contributed by atoms with Gasteiger partial charge in [-0.05, 0) is 36.8 Å². The number of carbonyl (C=O) groups is 1. The second-order valence-corrected chi connectivity index (χ2v) is 4.71. The highest BCUT2D eigenvalue weighted by Crippen LogP contribution is 2.55. The SMILES string of the molecule is O=CNC1CC12CCCc1ccccc12. The molecule has 2 atom stereocenters. The van der Waals surface area contributed by atoms with Crippen molar-refractivity contribution in [3.63, 3.8) is 0 Å². The van der Waals surface area contributed by atoms with Gasteiger partial charge in [0, 0.05) is 11.5 Å². The fourth-order valence-corrected chi connectivity index (χ4v) is 3.13. The molecule has 1 aromatic carbocycles. The van der Waals surface area contributed by atoms with Gasteiger partial charge in [-0.2, -0.15) is 0 Å². The summed E-state index contributed by atoms with van der Waals surface area (Å²) in [5, 5.41) is 2.94. The zero-order valence-corrected chi connectivity index (χ0v) is 8.70. The van der Waals surface area contributed by atoms with Crippen LogP contribution in [0.4, 0.5) is 0 Å². The topological polar surface area (TPSA) is 29.1 Å². The van der Waals surface area contributed by atoms with Crippen molar-refractivity contribution in [2.75, 3.05) is 0 Å². The van der Waals surface area contributed by atoms with E-state index in [0.29, 0.717) is 6.04 Å². The summed E-state index contributed by atoms with van der Waals surface area (Å²) in [6.07, 6.45) is 5.66. The number of benzene rings is 1. The average molecular weight is 201 g/mol. The quantitative estimate of drug-likeness (QED) is 0.726. The van der Waals surface area contributed by atoms with Crippen LogP contribution in [0.1, 0.15) is 30.4 Å². The van der Waals surface area contributed by atoms with E-state index in [1.807, 2.05) is 0 Å². The molecule has 2 aliphatic carbocycles. The maximum atomic E-state index is 10.5. The van der Waals surface area contributed by atoms with Gasteiger partial charge in [0.05, 0.1) is 0 Å². The van der Waals surface area contributed by atoms with Crippen molar-refractivity contribution in [3.05, 3.63) is 35.4 Å². The first-order valence-corrected chi connectivity index (χ1v) is 5.65. The Kier molecular flexibility index (Phi) is 1.84. The van der Waals surface area contributed by atoms with E-state index < -0.39 is 0 Å². The number of aryl methyl sites for hydroxylation is 1. The highest BCUT2D eigenvalue weighted by atomic mass is 16.1. The summed E-state index contributed by atoms with van der Waals surface area (Å²) in [4.78, 5) is 10.5. The molecule has 2 aliphatic rings. The number of carbonyl (C=O) groups excluding carboxylic acids is 1.